The van der Waals surface area contributed by atoms with Gasteiger partial charge in [0.25, 0.3) is 0 Å². The number of furan rings is 1. The molecule has 5 heteroatoms. The van der Waals surface area contributed by atoms with E-state index in [1.807, 2.05) is 23.6 Å². The average molecular weight is 301 g/mol. The minimum absolute atomic E-state index is 0.0883. The molecule has 0 spiro atoms. The quantitative estimate of drug-likeness (QED) is 0.673. The van der Waals surface area contributed by atoms with Crippen molar-refractivity contribution in [2.45, 2.75) is 19.4 Å². The third kappa shape index (κ3) is 2.22. The molecule has 0 aliphatic heterocycles. The van der Waals surface area contributed by atoms with E-state index in [1.165, 1.54) is 0 Å². The highest BCUT2D eigenvalue weighted by molar-refractivity contribution is 9.10. The highest BCUT2D eigenvalue weighted by Crippen LogP contribution is 2.33. The van der Waals surface area contributed by atoms with E-state index in [-0.39, 0.29) is 6.04 Å². The van der Waals surface area contributed by atoms with Crippen molar-refractivity contribution in [2.75, 3.05) is 0 Å². The van der Waals surface area contributed by atoms with Gasteiger partial charge in [0.2, 0.25) is 0 Å². The summed E-state index contributed by atoms with van der Waals surface area (Å²) >= 11 is 5.15. The van der Waals surface area contributed by atoms with Crippen molar-refractivity contribution >= 4 is 27.3 Å². The monoisotopic (exact) mass is 300 g/mol. The first-order valence-corrected chi connectivity index (χ1v) is 6.71. The Morgan fingerprint density at radius 1 is 1.50 bits per heavy atom. The van der Waals surface area contributed by atoms with Crippen LogP contribution in [0.5, 0.6) is 0 Å². The topological polar surface area (TPSA) is 51.2 Å². The standard InChI is InChI=1S/C11H13BrN2OS/c1-2-7-3-4-9(15-7)10(14-13)11-8(12)5-6-16-11/h3-6,10,14H,2,13H2,1H3. The lowest BCUT2D eigenvalue weighted by molar-refractivity contribution is 0.427. The zero-order valence-corrected chi connectivity index (χ0v) is 11.3. The van der Waals surface area contributed by atoms with E-state index in [1.54, 1.807) is 11.3 Å². The Bertz CT molecular complexity index is 466. The molecular weight excluding hydrogens is 288 g/mol. The first-order chi connectivity index (χ1) is 7.76. The number of nitrogens with two attached hydrogens (primary N) is 1. The van der Waals surface area contributed by atoms with Crippen LogP contribution in [0.1, 0.15) is 29.4 Å². The van der Waals surface area contributed by atoms with Gasteiger partial charge in [-0.2, -0.15) is 0 Å². The maximum atomic E-state index is 5.71. The molecule has 0 saturated heterocycles. The zero-order valence-electron chi connectivity index (χ0n) is 8.87. The number of hydrogen-bond donors (Lipinski definition) is 2. The minimum atomic E-state index is -0.0883. The molecule has 2 aromatic heterocycles. The van der Waals surface area contributed by atoms with E-state index in [2.05, 4.69) is 28.3 Å². The van der Waals surface area contributed by atoms with E-state index >= 15 is 0 Å². The molecule has 2 aromatic rings. The zero-order chi connectivity index (χ0) is 11.5. The number of thiophene rings is 1. The second-order valence-corrected chi connectivity index (χ2v) is 5.19. The van der Waals surface area contributed by atoms with Crippen molar-refractivity contribution in [3.8, 4) is 0 Å². The molecule has 86 valence electrons. The van der Waals surface area contributed by atoms with Crippen LogP contribution in [0.2, 0.25) is 0 Å². The van der Waals surface area contributed by atoms with Crippen LogP contribution < -0.4 is 11.3 Å². The normalized spacial score (nSPS) is 12.9. The average Bonchev–Trinajstić information content (AvgIpc) is 2.90. The summed E-state index contributed by atoms with van der Waals surface area (Å²) in [5.74, 6) is 7.42. The molecule has 1 atom stereocenters. The molecule has 2 heterocycles. The summed E-state index contributed by atoms with van der Waals surface area (Å²) in [6.45, 7) is 2.06. The van der Waals surface area contributed by atoms with E-state index in [0.29, 0.717) is 0 Å². The fourth-order valence-corrected chi connectivity index (χ4v) is 3.21. The Hall–Kier alpha value is -0.620. The molecule has 0 aromatic carbocycles. The SMILES string of the molecule is CCc1ccc(C(NN)c2sccc2Br)o1. The number of halogens is 1. The number of rotatable bonds is 4. The van der Waals surface area contributed by atoms with E-state index in [4.69, 9.17) is 10.3 Å². The lowest BCUT2D eigenvalue weighted by Crippen LogP contribution is -2.28. The van der Waals surface area contributed by atoms with Crippen LogP contribution in [-0.2, 0) is 6.42 Å². The van der Waals surface area contributed by atoms with Gasteiger partial charge in [-0.1, -0.05) is 6.92 Å². The molecule has 0 amide bonds. The van der Waals surface area contributed by atoms with E-state index in [0.717, 1.165) is 27.3 Å². The van der Waals surface area contributed by atoms with E-state index < -0.39 is 0 Å². The minimum Gasteiger partial charge on any atom is -0.464 e. The lowest BCUT2D eigenvalue weighted by atomic mass is 10.2. The Balaban J connectivity index is 2.32. The second kappa shape index (κ2) is 5.14. The molecule has 0 bridgehead atoms. The largest absolute Gasteiger partial charge is 0.464 e. The third-order valence-electron chi connectivity index (χ3n) is 2.39. The molecule has 0 aliphatic rings. The van der Waals surface area contributed by atoms with Crippen LogP contribution in [-0.4, -0.2) is 0 Å². The highest BCUT2D eigenvalue weighted by Gasteiger charge is 2.19. The fourth-order valence-electron chi connectivity index (χ4n) is 1.54. The molecular formula is C11H13BrN2OS. The Morgan fingerprint density at radius 2 is 2.31 bits per heavy atom. The Kier molecular flexibility index (Phi) is 3.81. The van der Waals surface area contributed by atoms with Crippen LogP contribution in [0, 0.1) is 0 Å². The van der Waals surface area contributed by atoms with E-state index in [9.17, 15) is 0 Å². The molecule has 0 saturated carbocycles. The summed E-state index contributed by atoms with van der Waals surface area (Å²) in [7, 11) is 0. The summed E-state index contributed by atoms with van der Waals surface area (Å²) in [4.78, 5) is 1.12. The van der Waals surface area contributed by atoms with Crippen molar-refractivity contribution in [3.05, 3.63) is 44.4 Å². The molecule has 16 heavy (non-hydrogen) atoms. The van der Waals surface area contributed by atoms with Crippen molar-refractivity contribution in [3.63, 3.8) is 0 Å². The highest BCUT2D eigenvalue weighted by atomic mass is 79.9. The van der Waals surface area contributed by atoms with Crippen LogP contribution in [0.15, 0.2) is 32.5 Å². The molecule has 3 N–H and O–H groups in total. The summed E-state index contributed by atoms with van der Waals surface area (Å²) in [5, 5.41) is 2.02. The lowest BCUT2D eigenvalue weighted by Gasteiger charge is -2.12. The van der Waals surface area contributed by atoms with Gasteiger partial charge < -0.3 is 4.42 Å². The maximum absolute atomic E-state index is 5.71. The fraction of sp³-hybridized carbons (Fsp3) is 0.273. The van der Waals surface area contributed by atoms with Gasteiger partial charge in [-0.3, -0.25) is 5.84 Å². The van der Waals surface area contributed by atoms with Crippen LogP contribution in [0.4, 0.5) is 0 Å². The summed E-state index contributed by atoms with van der Waals surface area (Å²) in [6.07, 6.45) is 0.892. The number of nitrogens with one attached hydrogen (secondary N) is 1. The van der Waals surface area contributed by atoms with Crippen LogP contribution in [0.3, 0.4) is 0 Å². The van der Waals surface area contributed by atoms with Crippen LogP contribution in [0.25, 0.3) is 0 Å². The van der Waals surface area contributed by atoms with Crippen molar-refractivity contribution in [1.82, 2.24) is 5.43 Å². The van der Waals surface area contributed by atoms with Crippen molar-refractivity contribution in [1.29, 1.82) is 0 Å². The summed E-state index contributed by atoms with van der Waals surface area (Å²) in [6, 6.07) is 5.87. The summed E-state index contributed by atoms with van der Waals surface area (Å²) in [5.41, 5.74) is 2.79. The van der Waals surface area contributed by atoms with Crippen molar-refractivity contribution < 1.29 is 4.42 Å². The molecule has 0 fully saturated rings. The molecule has 1 unspecified atom stereocenters. The Morgan fingerprint density at radius 3 is 2.81 bits per heavy atom. The van der Waals surface area contributed by atoms with Gasteiger partial charge in [-0.15, -0.1) is 11.3 Å². The van der Waals surface area contributed by atoms with Gasteiger partial charge >= 0.3 is 0 Å². The predicted octanol–water partition coefficient (Wildman–Crippen LogP) is 3.22. The number of hydrazine groups is 1. The second-order valence-electron chi connectivity index (χ2n) is 3.39. The first kappa shape index (κ1) is 11.9. The molecule has 3 nitrogen and oxygen atoms in total. The maximum Gasteiger partial charge on any atom is 0.127 e. The van der Waals surface area contributed by atoms with Crippen molar-refractivity contribution in [2.24, 2.45) is 5.84 Å². The van der Waals surface area contributed by atoms with Gasteiger partial charge in [0.15, 0.2) is 0 Å². The first-order valence-electron chi connectivity index (χ1n) is 5.04. The molecule has 0 aliphatic carbocycles. The van der Waals surface area contributed by atoms with Gasteiger partial charge in [-0.05, 0) is 39.5 Å². The van der Waals surface area contributed by atoms with Gasteiger partial charge in [-0.25, -0.2) is 5.43 Å². The van der Waals surface area contributed by atoms with Gasteiger partial charge in [0.1, 0.15) is 17.6 Å². The smallest absolute Gasteiger partial charge is 0.127 e. The number of hydrogen-bond acceptors (Lipinski definition) is 4. The molecule has 2 rings (SSSR count). The van der Waals surface area contributed by atoms with Gasteiger partial charge in [0, 0.05) is 15.8 Å². The summed E-state index contributed by atoms with van der Waals surface area (Å²) < 4.78 is 6.76. The Labute approximate surface area is 107 Å². The molecule has 0 radical (unpaired) electrons. The third-order valence-corrected chi connectivity index (χ3v) is 4.32. The predicted molar refractivity (Wildman–Crippen MR) is 69.3 cm³/mol. The number of aryl methyl sites for hydroxylation is 1. The van der Waals surface area contributed by atoms with Gasteiger partial charge in [0.05, 0.1) is 0 Å². The van der Waals surface area contributed by atoms with Crippen LogP contribution >= 0.6 is 27.3 Å².